The van der Waals surface area contributed by atoms with E-state index in [-0.39, 0.29) is 24.5 Å². The van der Waals surface area contributed by atoms with Crippen molar-refractivity contribution in [2.75, 3.05) is 6.61 Å². The number of hydrogen-bond donors (Lipinski definition) is 1. The number of rotatable bonds is 1. The number of alkyl halides is 1. The van der Waals surface area contributed by atoms with Crippen molar-refractivity contribution in [3.63, 3.8) is 0 Å². The number of halogens is 1. The first-order valence-electron chi connectivity index (χ1n) is 4.15. The highest BCUT2D eigenvalue weighted by molar-refractivity contribution is 5.80. The molecule has 74 valence electrons. The molecular formula is C9H8FNO3. The van der Waals surface area contributed by atoms with E-state index in [1.807, 2.05) is 0 Å². The summed E-state index contributed by atoms with van der Waals surface area (Å²) in [5, 5.41) is 8.79. The molecular weight excluding hydrogens is 189 g/mol. The molecule has 1 atom stereocenters. The molecule has 1 N–H and O–H groups in total. The van der Waals surface area contributed by atoms with Crippen molar-refractivity contribution in [2.24, 2.45) is 0 Å². The molecule has 5 heteroatoms. The first-order chi connectivity index (χ1) is 6.64. The minimum atomic E-state index is -2.36. The maximum absolute atomic E-state index is 14.0. The lowest BCUT2D eigenvalue weighted by Crippen LogP contribution is -2.36. The molecule has 1 unspecified atom stereocenters. The predicted octanol–water partition coefficient (Wildman–Crippen LogP) is 1.11. The van der Waals surface area contributed by atoms with Gasteiger partial charge in [-0.1, -0.05) is 0 Å². The molecule has 2 rings (SSSR count). The first kappa shape index (κ1) is 8.93. The maximum Gasteiger partial charge on any atom is 0.346 e. The Morgan fingerprint density at radius 2 is 2.50 bits per heavy atom. The van der Waals surface area contributed by atoms with Crippen LogP contribution in [0.5, 0.6) is 5.88 Å². The van der Waals surface area contributed by atoms with Crippen LogP contribution in [-0.4, -0.2) is 22.7 Å². The fourth-order valence-electron chi connectivity index (χ4n) is 1.45. The summed E-state index contributed by atoms with van der Waals surface area (Å²) in [7, 11) is 0. The van der Waals surface area contributed by atoms with Gasteiger partial charge in [-0.3, -0.25) is 0 Å². The molecule has 0 amide bonds. The average molecular weight is 197 g/mol. The zero-order chi connectivity index (χ0) is 10.2. The van der Waals surface area contributed by atoms with Crippen LogP contribution < -0.4 is 4.74 Å². The zero-order valence-corrected chi connectivity index (χ0v) is 7.24. The van der Waals surface area contributed by atoms with Gasteiger partial charge in [0.2, 0.25) is 11.5 Å². The molecule has 1 aromatic rings. The Morgan fingerprint density at radius 1 is 1.71 bits per heavy atom. The van der Waals surface area contributed by atoms with Gasteiger partial charge in [0, 0.05) is 12.6 Å². The van der Waals surface area contributed by atoms with Gasteiger partial charge in [0.05, 0.1) is 12.2 Å². The fraction of sp³-hybridized carbons (Fsp3) is 0.333. The molecule has 14 heavy (non-hydrogen) atoms. The maximum atomic E-state index is 14.0. The third-order valence-electron chi connectivity index (χ3n) is 2.22. The van der Waals surface area contributed by atoms with Crippen molar-refractivity contribution in [1.82, 2.24) is 4.98 Å². The molecule has 1 aliphatic heterocycles. The fourth-order valence-corrected chi connectivity index (χ4v) is 1.45. The zero-order valence-electron chi connectivity index (χ0n) is 7.24. The number of fused-ring (bicyclic) bond motifs is 1. The summed E-state index contributed by atoms with van der Waals surface area (Å²) < 4.78 is 19.0. The Balaban J connectivity index is 2.55. The number of carboxylic acids is 1. The SMILES string of the molecule is O=C(O)C1(F)CCOc2ncccc21. The van der Waals surface area contributed by atoms with Crippen molar-refractivity contribution in [3.05, 3.63) is 23.9 Å². The molecule has 0 spiro atoms. The highest BCUT2D eigenvalue weighted by atomic mass is 19.1. The van der Waals surface area contributed by atoms with Crippen LogP contribution in [0.3, 0.4) is 0 Å². The first-order valence-corrected chi connectivity index (χ1v) is 4.15. The summed E-state index contributed by atoms with van der Waals surface area (Å²) in [4.78, 5) is 14.6. The van der Waals surface area contributed by atoms with E-state index >= 15 is 0 Å². The number of ether oxygens (including phenoxy) is 1. The van der Waals surface area contributed by atoms with Crippen LogP contribution in [0, 0.1) is 0 Å². The molecule has 0 aromatic carbocycles. The van der Waals surface area contributed by atoms with Crippen LogP contribution in [-0.2, 0) is 10.5 Å². The second kappa shape index (κ2) is 2.94. The Labute approximate surface area is 79.3 Å². The Bertz CT molecular complexity index is 382. The molecule has 0 saturated heterocycles. The average Bonchev–Trinajstić information content (AvgIpc) is 2.18. The van der Waals surface area contributed by atoms with Crippen LogP contribution >= 0.6 is 0 Å². The summed E-state index contributed by atoms with van der Waals surface area (Å²) in [5.74, 6) is -1.42. The van der Waals surface area contributed by atoms with Crippen molar-refractivity contribution >= 4 is 5.97 Å². The lowest BCUT2D eigenvalue weighted by molar-refractivity contribution is -0.153. The number of nitrogens with zero attached hydrogens (tertiary/aromatic N) is 1. The van der Waals surface area contributed by atoms with E-state index in [0.29, 0.717) is 0 Å². The molecule has 0 bridgehead atoms. The number of carboxylic acid groups (broad SMARTS) is 1. The summed E-state index contributed by atoms with van der Waals surface area (Å²) in [5.41, 5.74) is -2.36. The lowest BCUT2D eigenvalue weighted by Gasteiger charge is -2.27. The number of aliphatic carboxylic acids is 1. The lowest BCUT2D eigenvalue weighted by atomic mass is 9.92. The standard InChI is InChI=1S/C9H8FNO3/c10-9(8(12)13)3-5-14-7-6(9)2-1-4-11-7/h1-2,4H,3,5H2,(H,12,13). The highest BCUT2D eigenvalue weighted by Crippen LogP contribution is 2.38. The Hall–Kier alpha value is -1.65. The van der Waals surface area contributed by atoms with E-state index in [1.165, 1.54) is 18.3 Å². The molecule has 0 radical (unpaired) electrons. The molecule has 0 saturated carbocycles. The number of aromatic nitrogens is 1. The van der Waals surface area contributed by atoms with Gasteiger partial charge < -0.3 is 9.84 Å². The van der Waals surface area contributed by atoms with E-state index in [2.05, 4.69) is 4.98 Å². The smallest absolute Gasteiger partial charge is 0.346 e. The van der Waals surface area contributed by atoms with Gasteiger partial charge in [0.25, 0.3) is 0 Å². The van der Waals surface area contributed by atoms with Crippen molar-refractivity contribution < 1.29 is 19.0 Å². The van der Waals surface area contributed by atoms with Gasteiger partial charge in [-0.15, -0.1) is 0 Å². The van der Waals surface area contributed by atoms with Crippen LogP contribution in [0.25, 0.3) is 0 Å². The molecule has 1 aliphatic rings. The second-order valence-electron chi connectivity index (χ2n) is 3.06. The summed E-state index contributed by atoms with van der Waals surface area (Å²) in [6.07, 6.45) is 1.26. The molecule has 0 aliphatic carbocycles. The van der Waals surface area contributed by atoms with Gasteiger partial charge in [-0.25, -0.2) is 14.2 Å². The topological polar surface area (TPSA) is 59.4 Å². The van der Waals surface area contributed by atoms with Gasteiger partial charge >= 0.3 is 5.97 Å². The third-order valence-corrected chi connectivity index (χ3v) is 2.22. The van der Waals surface area contributed by atoms with Gasteiger partial charge in [0.15, 0.2) is 0 Å². The molecule has 4 nitrogen and oxygen atoms in total. The minimum Gasteiger partial charge on any atom is -0.479 e. The molecule has 2 heterocycles. The van der Waals surface area contributed by atoms with Crippen LogP contribution in [0.4, 0.5) is 4.39 Å². The van der Waals surface area contributed by atoms with E-state index in [0.717, 1.165) is 0 Å². The van der Waals surface area contributed by atoms with Crippen molar-refractivity contribution in [2.45, 2.75) is 12.1 Å². The Kier molecular flexibility index (Phi) is 1.87. The normalized spacial score (nSPS) is 24.9. The van der Waals surface area contributed by atoms with Gasteiger partial charge in [-0.05, 0) is 12.1 Å². The van der Waals surface area contributed by atoms with Crippen molar-refractivity contribution in [1.29, 1.82) is 0 Å². The predicted molar refractivity (Wildman–Crippen MR) is 44.8 cm³/mol. The summed E-state index contributed by atoms with van der Waals surface area (Å²) in [6, 6.07) is 2.88. The number of hydrogen-bond acceptors (Lipinski definition) is 3. The quantitative estimate of drug-likeness (QED) is 0.732. The van der Waals surface area contributed by atoms with E-state index < -0.39 is 11.6 Å². The van der Waals surface area contributed by atoms with Gasteiger partial charge in [-0.2, -0.15) is 0 Å². The largest absolute Gasteiger partial charge is 0.479 e. The van der Waals surface area contributed by atoms with E-state index in [4.69, 9.17) is 9.84 Å². The highest BCUT2D eigenvalue weighted by Gasteiger charge is 2.45. The number of pyridine rings is 1. The van der Waals surface area contributed by atoms with Crippen LogP contribution in [0.2, 0.25) is 0 Å². The molecule has 1 aromatic heterocycles. The third kappa shape index (κ3) is 1.13. The number of carbonyl (C=O) groups is 1. The van der Waals surface area contributed by atoms with Gasteiger partial charge in [0.1, 0.15) is 0 Å². The molecule has 0 fully saturated rings. The monoisotopic (exact) mass is 197 g/mol. The minimum absolute atomic E-state index is 0.00116. The Morgan fingerprint density at radius 3 is 3.21 bits per heavy atom. The van der Waals surface area contributed by atoms with E-state index in [9.17, 15) is 9.18 Å². The van der Waals surface area contributed by atoms with Crippen LogP contribution in [0.15, 0.2) is 18.3 Å². The summed E-state index contributed by atoms with van der Waals surface area (Å²) >= 11 is 0. The van der Waals surface area contributed by atoms with E-state index in [1.54, 1.807) is 0 Å². The summed E-state index contributed by atoms with van der Waals surface area (Å²) in [6.45, 7) is 0.0345. The van der Waals surface area contributed by atoms with Crippen molar-refractivity contribution in [3.8, 4) is 5.88 Å². The van der Waals surface area contributed by atoms with Crippen LogP contribution in [0.1, 0.15) is 12.0 Å². The second-order valence-corrected chi connectivity index (χ2v) is 3.06.